The fourth-order valence-corrected chi connectivity index (χ4v) is 2.81. The van der Waals surface area contributed by atoms with Gasteiger partial charge in [-0.1, -0.05) is 58.5 Å². The molecule has 0 aliphatic carbocycles. The van der Waals surface area contributed by atoms with Gasteiger partial charge in [-0.2, -0.15) is 0 Å². The summed E-state index contributed by atoms with van der Waals surface area (Å²) in [5.41, 5.74) is 1.19. The van der Waals surface area contributed by atoms with E-state index in [0.29, 0.717) is 20.8 Å². The molecular formula is C15H12Cl4N2O. The normalized spacial score (nSPS) is 11.9. The van der Waals surface area contributed by atoms with Crippen molar-refractivity contribution in [2.45, 2.75) is 13.0 Å². The molecular weight excluding hydrogens is 366 g/mol. The van der Waals surface area contributed by atoms with E-state index >= 15 is 0 Å². The Morgan fingerprint density at radius 2 is 1.77 bits per heavy atom. The van der Waals surface area contributed by atoms with Crippen LogP contribution in [0.2, 0.25) is 20.1 Å². The summed E-state index contributed by atoms with van der Waals surface area (Å²) in [7, 11) is 0. The lowest BCUT2D eigenvalue weighted by Crippen LogP contribution is -2.31. The van der Waals surface area contributed by atoms with Crippen LogP contribution in [0.5, 0.6) is 0 Å². The zero-order valence-electron chi connectivity index (χ0n) is 11.5. The summed E-state index contributed by atoms with van der Waals surface area (Å²) in [4.78, 5) is 12.0. The first-order valence-electron chi connectivity index (χ1n) is 6.35. The van der Waals surface area contributed by atoms with E-state index in [1.807, 2.05) is 6.92 Å². The van der Waals surface area contributed by atoms with E-state index < -0.39 is 6.03 Å². The maximum atomic E-state index is 12.0. The molecule has 7 heteroatoms. The largest absolute Gasteiger partial charge is 0.331 e. The Kier molecular flexibility index (Phi) is 5.81. The summed E-state index contributed by atoms with van der Waals surface area (Å²) in [6.45, 7) is 1.81. The van der Waals surface area contributed by atoms with Crippen LogP contribution in [-0.4, -0.2) is 6.03 Å². The standard InChI is InChI=1S/C15H12Cl4N2O/c1-8(10-6-5-9(16)7-12(10)18)20-15(22)21-13-4-2-3-11(17)14(13)19/h2-8H,1H3,(H2,20,21,22)/t8-/m1/s1. The highest BCUT2D eigenvalue weighted by Gasteiger charge is 2.14. The summed E-state index contributed by atoms with van der Waals surface area (Å²) in [6.07, 6.45) is 0. The number of carbonyl (C=O) groups excluding carboxylic acids is 1. The lowest BCUT2D eigenvalue weighted by molar-refractivity contribution is 0.249. The molecule has 0 radical (unpaired) electrons. The molecule has 0 bridgehead atoms. The van der Waals surface area contributed by atoms with Gasteiger partial charge in [0.2, 0.25) is 0 Å². The van der Waals surface area contributed by atoms with Crippen molar-refractivity contribution in [1.82, 2.24) is 5.32 Å². The van der Waals surface area contributed by atoms with Gasteiger partial charge in [-0.15, -0.1) is 0 Å². The average molecular weight is 378 g/mol. The maximum Gasteiger partial charge on any atom is 0.319 e. The van der Waals surface area contributed by atoms with Gasteiger partial charge in [0.15, 0.2) is 0 Å². The molecule has 3 nitrogen and oxygen atoms in total. The van der Waals surface area contributed by atoms with E-state index in [4.69, 9.17) is 46.4 Å². The smallest absolute Gasteiger partial charge is 0.319 e. The third kappa shape index (κ3) is 4.20. The van der Waals surface area contributed by atoms with E-state index in [9.17, 15) is 4.79 Å². The van der Waals surface area contributed by atoms with Crippen molar-refractivity contribution in [3.05, 3.63) is 62.1 Å². The number of hydrogen-bond donors (Lipinski definition) is 2. The number of rotatable bonds is 3. The van der Waals surface area contributed by atoms with Crippen LogP contribution in [0.3, 0.4) is 0 Å². The van der Waals surface area contributed by atoms with Crippen LogP contribution >= 0.6 is 46.4 Å². The van der Waals surface area contributed by atoms with Crippen molar-refractivity contribution in [3.8, 4) is 0 Å². The van der Waals surface area contributed by atoms with E-state index in [2.05, 4.69) is 10.6 Å². The number of carbonyl (C=O) groups is 1. The second-order valence-corrected chi connectivity index (χ2v) is 6.22. The Morgan fingerprint density at radius 3 is 2.45 bits per heavy atom. The molecule has 116 valence electrons. The van der Waals surface area contributed by atoms with Crippen LogP contribution in [0, 0.1) is 0 Å². The van der Waals surface area contributed by atoms with Crippen LogP contribution in [-0.2, 0) is 0 Å². The molecule has 2 amide bonds. The predicted molar refractivity (Wildman–Crippen MR) is 93.5 cm³/mol. The summed E-state index contributed by atoms with van der Waals surface area (Å²) in [5.74, 6) is 0. The number of urea groups is 1. The van der Waals surface area contributed by atoms with Crippen LogP contribution in [0.25, 0.3) is 0 Å². The second-order valence-electron chi connectivity index (χ2n) is 4.59. The molecule has 0 aliphatic heterocycles. The minimum atomic E-state index is -0.414. The fraction of sp³-hybridized carbons (Fsp3) is 0.133. The van der Waals surface area contributed by atoms with Crippen molar-refractivity contribution >= 4 is 58.1 Å². The first kappa shape index (κ1) is 17.2. The van der Waals surface area contributed by atoms with Crippen LogP contribution in [0.1, 0.15) is 18.5 Å². The van der Waals surface area contributed by atoms with E-state index in [-0.39, 0.29) is 11.1 Å². The number of halogens is 4. The van der Waals surface area contributed by atoms with Gasteiger partial charge in [-0.05, 0) is 36.8 Å². The monoisotopic (exact) mass is 376 g/mol. The van der Waals surface area contributed by atoms with Gasteiger partial charge in [-0.25, -0.2) is 4.79 Å². The summed E-state index contributed by atoms with van der Waals surface area (Å²) < 4.78 is 0. The Hall–Kier alpha value is -1.13. The molecule has 1 atom stereocenters. The van der Waals surface area contributed by atoms with Gasteiger partial charge in [-0.3, -0.25) is 0 Å². The molecule has 0 fully saturated rings. The van der Waals surface area contributed by atoms with Crippen molar-refractivity contribution in [2.24, 2.45) is 0 Å². The molecule has 0 spiro atoms. The molecule has 2 aromatic rings. The van der Waals surface area contributed by atoms with Crippen LogP contribution in [0.15, 0.2) is 36.4 Å². The highest BCUT2D eigenvalue weighted by Crippen LogP contribution is 2.30. The maximum absolute atomic E-state index is 12.0. The first-order valence-corrected chi connectivity index (χ1v) is 7.86. The van der Waals surface area contributed by atoms with Crippen LogP contribution in [0.4, 0.5) is 10.5 Å². The van der Waals surface area contributed by atoms with Crippen molar-refractivity contribution in [2.75, 3.05) is 5.32 Å². The SMILES string of the molecule is C[C@@H](NC(=O)Nc1cccc(Cl)c1Cl)c1ccc(Cl)cc1Cl. The third-order valence-corrected chi connectivity index (χ3v) is 4.36. The second kappa shape index (κ2) is 7.42. The van der Waals surface area contributed by atoms with Gasteiger partial charge in [0, 0.05) is 10.0 Å². The average Bonchev–Trinajstić information content (AvgIpc) is 2.43. The summed E-state index contributed by atoms with van der Waals surface area (Å²) in [5, 5.41) is 7.10. The van der Waals surface area contributed by atoms with Gasteiger partial charge < -0.3 is 10.6 Å². The molecule has 0 unspecified atom stereocenters. The molecule has 22 heavy (non-hydrogen) atoms. The van der Waals surface area contributed by atoms with E-state index in [1.54, 1.807) is 36.4 Å². The van der Waals surface area contributed by atoms with Crippen molar-refractivity contribution in [3.63, 3.8) is 0 Å². The highest BCUT2D eigenvalue weighted by molar-refractivity contribution is 6.44. The van der Waals surface area contributed by atoms with Gasteiger partial charge in [0.25, 0.3) is 0 Å². The number of hydrogen-bond acceptors (Lipinski definition) is 1. The predicted octanol–water partition coefficient (Wildman–Crippen LogP) is 6.18. The minimum absolute atomic E-state index is 0.288. The third-order valence-electron chi connectivity index (χ3n) is 2.98. The Balaban J connectivity index is 2.07. The number of amides is 2. The highest BCUT2D eigenvalue weighted by atomic mass is 35.5. The lowest BCUT2D eigenvalue weighted by atomic mass is 10.1. The molecule has 0 saturated heterocycles. The number of benzene rings is 2. The zero-order valence-corrected chi connectivity index (χ0v) is 14.5. The van der Waals surface area contributed by atoms with Crippen molar-refractivity contribution in [1.29, 1.82) is 0 Å². The molecule has 2 N–H and O–H groups in total. The molecule has 2 aromatic carbocycles. The summed E-state index contributed by atoms with van der Waals surface area (Å²) in [6, 6.07) is 9.39. The molecule has 0 heterocycles. The molecule has 0 aliphatic rings. The van der Waals surface area contributed by atoms with Gasteiger partial charge in [0.1, 0.15) is 0 Å². The number of nitrogens with one attached hydrogen (secondary N) is 2. The Bertz CT molecular complexity index is 706. The van der Waals surface area contributed by atoms with E-state index in [0.717, 1.165) is 5.56 Å². The van der Waals surface area contributed by atoms with E-state index in [1.165, 1.54) is 0 Å². The molecule has 0 saturated carbocycles. The quantitative estimate of drug-likeness (QED) is 0.658. The minimum Gasteiger partial charge on any atom is -0.331 e. The number of anilines is 1. The van der Waals surface area contributed by atoms with Crippen LogP contribution < -0.4 is 10.6 Å². The Morgan fingerprint density at radius 1 is 1.05 bits per heavy atom. The topological polar surface area (TPSA) is 41.1 Å². The Labute approximate surface area is 148 Å². The van der Waals surface area contributed by atoms with Gasteiger partial charge in [0.05, 0.1) is 21.8 Å². The molecule has 2 rings (SSSR count). The fourth-order valence-electron chi connectivity index (χ4n) is 1.89. The molecule has 0 aromatic heterocycles. The lowest BCUT2D eigenvalue weighted by Gasteiger charge is -2.17. The van der Waals surface area contributed by atoms with Crippen molar-refractivity contribution < 1.29 is 4.79 Å². The zero-order chi connectivity index (χ0) is 16.3. The first-order chi connectivity index (χ1) is 10.4. The van der Waals surface area contributed by atoms with Gasteiger partial charge >= 0.3 is 6.03 Å². The summed E-state index contributed by atoms with van der Waals surface area (Å²) >= 11 is 23.9.